The number of nitrogens with two attached hydrogens (primary N) is 1. The number of nitrogens with zero attached hydrogens (tertiary/aromatic N) is 4. The van der Waals surface area contributed by atoms with E-state index in [0.29, 0.717) is 103 Å². The number of ketones is 2. The van der Waals surface area contributed by atoms with Crippen molar-refractivity contribution >= 4 is 35.3 Å². The summed E-state index contributed by atoms with van der Waals surface area (Å²) >= 11 is 0. The van der Waals surface area contributed by atoms with Crippen molar-refractivity contribution in [1.29, 1.82) is 5.41 Å². The number of rotatable bonds is 18. The third-order valence-electron chi connectivity index (χ3n) is 7.70. The Bertz CT molecular complexity index is 1130. The minimum Gasteiger partial charge on any atom is -0.480 e. The Kier molecular flexibility index (Phi) is 16.9. The van der Waals surface area contributed by atoms with Crippen molar-refractivity contribution in [3.8, 4) is 0 Å². The number of Topliss-reactive ketones (excluding diaryl/α,β-unsaturated/α-hetero) is 2. The SMILES string of the molecule is N=C(N)CCc1cccc(C(=O)CCCCCC(=O)CN2CCN(CC(=O)O)CCN(CC(=O)O)CCN(CC(=O)O)CC2)c1. The molecule has 1 heterocycles. The summed E-state index contributed by atoms with van der Waals surface area (Å²) in [5.74, 6) is -2.85. The molecule has 1 aliphatic rings. The molecule has 6 N–H and O–H groups in total. The number of carboxylic acids is 3. The van der Waals surface area contributed by atoms with Crippen LogP contribution in [0, 0.1) is 5.41 Å². The van der Waals surface area contributed by atoms with Gasteiger partial charge in [0.15, 0.2) is 5.78 Å². The first kappa shape index (κ1) is 37.5. The van der Waals surface area contributed by atoms with Crippen LogP contribution < -0.4 is 5.73 Å². The predicted molar refractivity (Wildman–Crippen MR) is 168 cm³/mol. The molecule has 0 aliphatic carbocycles. The number of hydrogen-bond acceptors (Lipinski definition) is 10. The molecule has 0 radical (unpaired) electrons. The fourth-order valence-electron chi connectivity index (χ4n) is 5.22. The molecule has 1 aromatic rings. The molecule has 1 aliphatic heterocycles. The van der Waals surface area contributed by atoms with E-state index in [1.807, 2.05) is 23.1 Å². The first-order valence-electron chi connectivity index (χ1n) is 15.4. The van der Waals surface area contributed by atoms with Gasteiger partial charge < -0.3 is 21.1 Å². The maximum atomic E-state index is 12.9. The first-order chi connectivity index (χ1) is 21.4. The molecule has 1 saturated heterocycles. The van der Waals surface area contributed by atoms with Crippen molar-refractivity contribution in [2.24, 2.45) is 5.73 Å². The van der Waals surface area contributed by atoms with Gasteiger partial charge in [-0.1, -0.05) is 24.6 Å². The number of nitrogens with one attached hydrogen (secondary N) is 1. The molecule has 45 heavy (non-hydrogen) atoms. The van der Waals surface area contributed by atoms with E-state index in [1.54, 1.807) is 20.8 Å². The number of carbonyl (C=O) groups excluding carboxylic acids is 2. The molecule has 1 aromatic carbocycles. The zero-order chi connectivity index (χ0) is 33.2. The summed E-state index contributed by atoms with van der Waals surface area (Å²) in [6.45, 7) is 2.28. The summed E-state index contributed by atoms with van der Waals surface area (Å²) in [4.78, 5) is 66.8. The van der Waals surface area contributed by atoms with Crippen LogP contribution in [0.3, 0.4) is 0 Å². The number of hydrogen-bond donors (Lipinski definition) is 5. The van der Waals surface area contributed by atoms with Gasteiger partial charge in [-0.05, 0) is 30.9 Å². The zero-order valence-corrected chi connectivity index (χ0v) is 26.0. The highest BCUT2D eigenvalue weighted by Crippen LogP contribution is 2.13. The minimum atomic E-state index is -1.01. The van der Waals surface area contributed by atoms with Crippen molar-refractivity contribution in [2.45, 2.75) is 44.9 Å². The maximum Gasteiger partial charge on any atom is 0.317 e. The summed E-state index contributed by atoms with van der Waals surface area (Å²) in [5.41, 5.74) is 7.02. The molecule has 0 bridgehead atoms. The second-order valence-electron chi connectivity index (χ2n) is 11.5. The van der Waals surface area contributed by atoms with Crippen LogP contribution in [0.4, 0.5) is 0 Å². The summed E-state index contributed by atoms with van der Waals surface area (Å²) in [5, 5.41) is 35.4. The summed E-state index contributed by atoms with van der Waals surface area (Å²) in [6, 6.07) is 7.36. The molecular formula is C31H48N6O8. The molecule has 1 fully saturated rings. The normalized spacial score (nSPS) is 16.4. The van der Waals surface area contributed by atoms with Gasteiger partial charge in [0, 0.05) is 77.2 Å². The van der Waals surface area contributed by atoms with Gasteiger partial charge in [-0.3, -0.25) is 49.0 Å². The molecule has 14 heteroatoms. The molecule has 2 rings (SSSR count). The largest absolute Gasteiger partial charge is 0.480 e. The van der Waals surface area contributed by atoms with Crippen LogP contribution in [-0.4, -0.2) is 149 Å². The van der Waals surface area contributed by atoms with E-state index in [0.717, 1.165) is 5.56 Å². The van der Waals surface area contributed by atoms with Crippen LogP contribution >= 0.6 is 0 Å². The third-order valence-corrected chi connectivity index (χ3v) is 7.70. The van der Waals surface area contributed by atoms with E-state index in [4.69, 9.17) is 11.1 Å². The zero-order valence-electron chi connectivity index (χ0n) is 26.0. The molecule has 0 amide bonds. The Balaban J connectivity index is 1.89. The van der Waals surface area contributed by atoms with Crippen molar-refractivity contribution in [1.82, 2.24) is 19.6 Å². The molecule has 0 atom stereocenters. The van der Waals surface area contributed by atoms with Crippen LogP contribution in [0.1, 0.15) is 54.4 Å². The smallest absolute Gasteiger partial charge is 0.317 e. The molecule has 0 unspecified atom stereocenters. The van der Waals surface area contributed by atoms with E-state index >= 15 is 0 Å². The lowest BCUT2D eigenvalue weighted by molar-refractivity contribution is -0.140. The predicted octanol–water partition coefficient (Wildman–Crippen LogP) is 0.733. The second-order valence-corrected chi connectivity index (χ2v) is 11.5. The van der Waals surface area contributed by atoms with Crippen LogP contribution in [0.5, 0.6) is 0 Å². The van der Waals surface area contributed by atoms with Crippen molar-refractivity contribution in [2.75, 3.05) is 78.5 Å². The highest BCUT2D eigenvalue weighted by Gasteiger charge is 2.21. The van der Waals surface area contributed by atoms with E-state index in [2.05, 4.69) is 0 Å². The number of unbranched alkanes of at least 4 members (excludes halogenated alkanes) is 2. The quantitative estimate of drug-likeness (QED) is 0.0655. The van der Waals surface area contributed by atoms with Gasteiger partial charge in [-0.2, -0.15) is 0 Å². The van der Waals surface area contributed by atoms with Gasteiger partial charge in [0.2, 0.25) is 0 Å². The molecule has 250 valence electrons. The van der Waals surface area contributed by atoms with Crippen LogP contribution in [0.2, 0.25) is 0 Å². The Morgan fingerprint density at radius 3 is 1.53 bits per heavy atom. The minimum absolute atomic E-state index is 0.0220. The average Bonchev–Trinajstić information content (AvgIpc) is 2.96. The molecule has 0 saturated carbocycles. The summed E-state index contributed by atoms with van der Waals surface area (Å²) < 4.78 is 0. The fourth-order valence-corrected chi connectivity index (χ4v) is 5.22. The first-order valence-corrected chi connectivity index (χ1v) is 15.4. The Morgan fingerprint density at radius 1 is 0.644 bits per heavy atom. The highest BCUT2D eigenvalue weighted by atomic mass is 16.4. The number of aryl methyl sites for hydroxylation is 1. The van der Waals surface area contributed by atoms with Crippen molar-refractivity contribution in [3.05, 3.63) is 35.4 Å². The standard InChI is InChI=1S/C31H48N6O8/c32-28(33)10-9-24-5-4-6-25(19-24)27(39)8-3-1-2-7-26(38)20-34-11-13-35(21-29(40)41)15-17-37(23-31(44)45)18-16-36(14-12-34)22-30(42)43/h4-6,19H,1-3,7-18,20-23H2,(H3,32,33)(H,40,41)(H,42,43)(H,44,45). The molecule has 0 aromatic heterocycles. The van der Waals surface area contributed by atoms with E-state index in [9.17, 15) is 39.3 Å². The van der Waals surface area contributed by atoms with Gasteiger partial charge in [0.25, 0.3) is 0 Å². The number of carboxylic acid groups (broad SMARTS) is 3. The fraction of sp³-hybridized carbons (Fsp3) is 0.613. The van der Waals surface area contributed by atoms with E-state index in [-0.39, 0.29) is 43.6 Å². The van der Waals surface area contributed by atoms with Crippen molar-refractivity contribution < 1.29 is 39.3 Å². The number of aliphatic carboxylic acids is 3. The number of carbonyl (C=O) groups is 5. The maximum absolute atomic E-state index is 12.9. The average molecular weight is 633 g/mol. The van der Waals surface area contributed by atoms with Gasteiger partial charge in [-0.15, -0.1) is 0 Å². The monoisotopic (exact) mass is 632 g/mol. The number of amidine groups is 1. The van der Waals surface area contributed by atoms with Gasteiger partial charge in [0.05, 0.1) is 32.0 Å². The van der Waals surface area contributed by atoms with Crippen LogP contribution in [0.15, 0.2) is 24.3 Å². The highest BCUT2D eigenvalue weighted by molar-refractivity contribution is 5.96. The molecule has 14 nitrogen and oxygen atoms in total. The van der Waals surface area contributed by atoms with Crippen molar-refractivity contribution in [3.63, 3.8) is 0 Å². The number of benzene rings is 1. The second kappa shape index (κ2) is 20.3. The van der Waals surface area contributed by atoms with Crippen LogP contribution in [0.25, 0.3) is 0 Å². The van der Waals surface area contributed by atoms with E-state index in [1.165, 1.54) is 0 Å². The lowest BCUT2D eigenvalue weighted by Gasteiger charge is -2.32. The molecular weight excluding hydrogens is 584 g/mol. The lowest BCUT2D eigenvalue weighted by Crippen LogP contribution is -2.49. The van der Waals surface area contributed by atoms with E-state index < -0.39 is 17.9 Å². The topological polar surface area (TPSA) is 209 Å². The van der Waals surface area contributed by atoms with Crippen LogP contribution in [-0.2, 0) is 25.6 Å². The van der Waals surface area contributed by atoms with Gasteiger partial charge >= 0.3 is 17.9 Å². The molecule has 0 spiro atoms. The third kappa shape index (κ3) is 16.8. The Morgan fingerprint density at radius 2 is 1.09 bits per heavy atom. The van der Waals surface area contributed by atoms with Gasteiger partial charge in [0.1, 0.15) is 5.78 Å². The summed E-state index contributed by atoms with van der Waals surface area (Å²) in [6.07, 6.45) is 3.77. The summed E-state index contributed by atoms with van der Waals surface area (Å²) in [7, 11) is 0. The Hall–Kier alpha value is -3.72. The lowest BCUT2D eigenvalue weighted by atomic mass is 10.00. The van der Waals surface area contributed by atoms with Gasteiger partial charge in [-0.25, -0.2) is 0 Å². The Labute approximate surface area is 264 Å².